The summed E-state index contributed by atoms with van der Waals surface area (Å²) in [5.74, 6) is 1.04. The average Bonchev–Trinajstić information content (AvgIpc) is 2.44. The summed E-state index contributed by atoms with van der Waals surface area (Å²) < 4.78 is 24.4. The second-order valence-electron chi connectivity index (χ2n) is 5.05. The van der Waals surface area contributed by atoms with Crippen molar-refractivity contribution in [3.05, 3.63) is 30.3 Å². The molecule has 6 heteroatoms. The predicted molar refractivity (Wildman–Crippen MR) is 84.6 cm³/mol. The molecule has 1 heterocycles. The van der Waals surface area contributed by atoms with E-state index in [1.54, 1.807) is 4.31 Å². The van der Waals surface area contributed by atoms with Crippen LogP contribution in [0.5, 0.6) is 0 Å². The Kier molecular flexibility index (Phi) is 5.89. The van der Waals surface area contributed by atoms with Gasteiger partial charge in [0.25, 0.3) is 0 Å². The fourth-order valence-electron chi connectivity index (χ4n) is 2.34. The Labute approximate surface area is 126 Å². The molecule has 1 aliphatic heterocycles. The summed E-state index contributed by atoms with van der Waals surface area (Å²) in [7, 11) is -3.01. The maximum atomic E-state index is 11.4. The minimum absolute atomic E-state index is 0.448. The molecule has 1 aromatic rings. The lowest BCUT2D eigenvalue weighted by atomic mass is 10.1. The highest BCUT2D eigenvalue weighted by Gasteiger charge is 2.24. The lowest BCUT2D eigenvalue weighted by molar-refractivity contribution is 0.294. The Morgan fingerprint density at radius 3 is 2.50 bits per heavy atom. The molecule has 0 bridgehead atoms. The van der Waals surface area contributed by atoms with Gasteiger partial charge in [0.1, 0.15) is 0 Å². The molecule has 0 radical (unpaired) electrons. The number of thioether (sulfide) groups is 1. The Balaban J connectivity index is 1.62. The van der Waals surface area contributed by atoms with E-state index < -0.39 is 10.0 Å². The zero-order valence-corrected chi connectivity index (χ0v) is 13.4. The summed E-state index contributed by atoms with van der Waals surface area (Å²) in [5.41, 5.74) is 0. The minimum Gasteiger partial charge on any atom is -0.313 e. The van der Waals surface area contributed by atoms with E-state index in [1.165, 1.54) is 11.2 Å². The van der Waals surface area contributed by atoms with Crippen molar-refractivity contribution >= 4 is 21.8 Å². The summed E-state index contributed by atoms with van der Waals surface area (Å²) in [6.07, 6.45) is 3.10. The number of rotatable bonds is 6. The summed E-state index contributed by atoms with van der Waals surface area (Å²) in [5, 5.41) is 3.52. The van der Waals surface area contributed by atoms with Gasteiger partial charge in [0.15, 0.2) is 0 Å². The molecular formula is C14H22N2O2S2. The van der Waals surface area contributed by atoms with Crippen molar-refractivity contribution in [1.29, 1.82) is 0 Å². The van der Waals surface area contributed by atoms with Crippen molar-refractivity contribution in [2.75, 3.05) is 31.6 Å². The van der Waals surface area contributed by atoms with E-state index in [1.807, 2.05) is 17.8 Å². The fourth-order valence-corrected chi connectivity index (χ4v) is 4.02. The predicted octanol–water partition coefficient (Wildman–Crippen LogP) is 1.79. The van der Waals surface area contributed by atoms with E-state index >= 15 is 0 Å². The van der Waals surface area contributed by atoms with E-state index in [0.29, 0.717) is 19.1 Å². The van der Waals surface area contributed by atoms with Crippen LogP contribution in [0.4, 0.5) is 0 Å². The van der Waals surface area contributed by atoms with Crippen molar-refractivity contribution in [2.45, 2.75) is 23.8 Å². The highest BCUT2D eigenvalue weighted by atomic mass is 32.2. The van der Waals surface area contributed by atoms with Gasteiger partial charge < -0.3 is 5.32 Å². The van der Waals surface area contributed by atoms with Gasteiger partial charge in [-0.25, -0.2) is 12.7 Å². The molecule has 1 aromatic carbocycles. The second kappa shape index (κ2) is 7.45. The molecule has 0 aromatic heterocycles. The average molecular weight is 314 g/mol. The Hall–Kier alpha value is -0.560. The second-order valence-corrected chi connectivity index (χ2v) is 8.20. The SMILES string of the molecule is CS(=O)(=O)N1CCC(NCCSc2ccccc2)CC1. The van der Waals surface area contributed by atoms with Crippen LogP contribution in [0.3, 0.4) is 0 Å². The number of hydrogen-bond acceptors (Lipinski definition) is 4. The molecule has 1 saturated heterocycles. The van der Waals surface area contributed by atoms with Crippen LogP contribution in [-0.4, -0.2) is 50.4 Å². The van der Waals surface area contributed by atoms with Gasteiger partial charge in [0.05, 0.1) is 6.26 Å². The first-order chi connectivity index (χ1) is 9.55. The zero-order valence-electron chi connectivity index (χ0n) is 11.8. The third-order valence-electron chi connectivity index (χ3n) is 3.47. The number of benzene rings is 1. The minimum atomic E-state index is -3.01. The lowest BCUT2D eigenvalue weighted by Crippen LogP contribution is -2.44. The number of nitrogens with zero attached hydrogens (tertiary/aromatic N) is 1. The van der Waals surface area contributed by atoms with Crippen molar-refractivity contribution in [1.82, 2.24) is 9.62 Å². The molecule has 2 rings (SSSR count). The number of sulfonamides is 1. The first-order valence-electron chi connectivity index (χ1n) is 6.92. The topological polar surface area (TPSA) is 49.4 Å². The monoisotopic (exact) mass is 314 g/mol. The van der Waals surface area contributed by atoms with E-state index in [0.717, 1.165) is 25.1 Å². The van der Waals surface area contributed by atoms with Gasteiger partial charge in [-0.15, -0.1) is 11.8 Å². The van der Waals surface area contributed by atoms with Crippen LogP contribution in [0.1, 0.15) is 12.8 Å². The first-order valence-corrected chi connectivity index (χ1v) is 9.75. The smallest absolute Gasteiger partial charge is 0.211 e. The maximum absolute atomic E-state index is 11.4. The molecule has 0 spiro atoms. The van der Waals surface area contributed by atoms with Gasteiger partial charge in [-0.2, -0.15) is 0 Å². The largest absolute Gasteiger partial charge is 0.313 e. The van der Waals surface area contributed by atoms with Crippen LogP contribution in [0.2, 0.25) is 0 Å². The van der Waals surface area contributed by atoms with Gasteiger partial charge in [-0.1, -0.05) is 18.2 Å². The van der Waals surface area contributed by atoms with Gasteiger partial charge >= 0.3 is 0 Å². The molecule has 0 aliphatic carbocycles. The number of piperidine rings is 1. The van der Waals surface area contributed by atoms with Gasteiger partial charge in [0.2, 0.25) is 10.0 Å². The highest BCUT2D eigenvalue weighted by Crippen LogP contribution is 2.17. The van der Waals surface area contributed by atoms with Gasteiger partial charge in [0, 0.05) is 36.3 Å². The summed E-state index contributed by atoms with van der Waals surface area (Å²) in [6, 6.07) is 10.8. The Bertz CT molecular complexity index is 497. The van der Waals surface area contributed by atoms with Crippen LogP contribution in [-0.2, 0) is 10.0 Å². The van der Waals surface area contributed by atoms with Crippen LogP contribution in [0.15, 0.2) is 35.2 Å². The Morgan fingerprint density at radius 1 is 1.25 bits per heavy atom. The molecule has 112 valence electrons. The quantitative estimate of drug-likeness (QED) is 0.642. The third-order valence-corrected chi connectivity index (χ3v) is 5.79. The summed E-state index contributed by atoms with van der Waals surface area (Å²) in [4.78, 5) is 1.29. The molecule has 0 amide bonds. The van der Waals surface area contributed by atoms with Crippen molar-refractivity contribution in [3.8, 4) is 0 Å². The van der Waals surface area contributed by atoms with E-state index in [9.17, 15) is 8.42 Å². The Morgan fingerprint density at radius 2 is 1.90 bits per heavy atom. The summed E-state index contributed by atoms with van der Waals surface area (Å²) in [6.45, 7) is 2.24. The summed E-state index contributed by atoms with van der Waals surface area (Å²) >= 11 is 1.85. The normalized spacial score (nSPS) is 18.2. The molecule has 20 heavy (non-hydrogen) atoms. The molecule has 1 fully saturated rings. The number of nitrogens with one attached hydrogen (secondary N) is 1. The van der Waals surface area contributed by atoms with E-state index in [2.05, 4.69) is 29.6 Å². The van der Waals surface area contributed by atoms with Gasteiger partial charge in [-0.3, -0.25) is 0 Å². The van der Waals surface area contributed by atoms with Crippen LogP contribution in [0, 0.1) is 0 Å². The van der Waals surface area contributed by atoms with Crippen LogP contribution >= 0.6 is 11.8 Å². The van der Waals surface area contributed by atoms with Crippen LogP contribution in [0.25, 0.3) is 0 Å². The van der Waals surface area contributed by atoms with Crippen molar-refractivity contribution in [2.24, 2.45) is 0 Å². The maximum Gasteiger partial charge on any atom is 0.211 e. The lowest BCUT2D eigenvalue weighted by Gasteiger charge is -2.30. The zero-order chi connectivity index (χ0) is 14.4. The standard InChI is InChI=1S/C14H22N2O2S2/c1-20(17,18)16-10-7-13(8-11-16)15-9-12-19-14-5-3-2-4-6-14/h2-6,13,15H,7-12H2,1H3. The molecule has 0 unspecified atom stereocenters. The van der Waals surface area contributed by atoms with Crippen molar-refractivity contribution < 1.29 is 8.42 Å². The molecule has 1 aliphatic rings. The molecule has 1 N–H and O–H groups in total. The first kappa shape index (κ1) is 15.8. The van der Waals surface area contributed by atoms with Gasteiger partial charge in [-0.05, 0) is 25.0 Å². The van der Waals surface area contributed by atoms with E-state index in [4.69, 9.17) is 0 Å². The number of hydrogen-bond donors (Lipinski definition) is 1. The molecule has 4 nitrogen and oxygen atoms in total. The van der Waals surface area contributed by atoms with Crippen molar-refractivity contribution in [3.63, 3.8) is 0 Å². The molecule has 0 saturated carbocycles. The van der Waals surface area contributed by atoms with Crippen LogP contribution < -0.4 is 5.32 Å². The third kappa shape index (κ3) is 5.09. The molecular weight excluding hydrogens is 292 g/mol. The molecule has 0 atom stereocenters. The fraction of sp³-hybridized carbons (Fsp3) is 0.571. The highest BCUT2D eigenvalue weighted by molar-refractivity contribution is 7.99. The van der Waals surface area contributed by atoms with E-state index in [-0.39, 0.29) is 0 Å².